The van der Waals surface area contributed by atoms with Gasteiger partial charge in [0.2, 0.25) is 0 Å². The molecule has 1 saturated heterocycles. The SMILES string of the molecule is COC(=O)NC1CCN(c2cc(CN)ccn2)C1. The average Bonchev–Trinajstić information content (AvgIpc) is 2.87. The van der Waals surface area contributed by atoms with E-state index in [1.807, 2.05) is 12.1 Å². The van der Waals surface area contributed by atoms with Gasteiger partial charge in [-0.3, -0.25) is 0 Å². The first kappa shape index (κ1) is 12.6. The Morgan fingerprint density at radius 2 is 2.56 bits per heavy atom. The molecule has 18 heavy (non-hydrogen) atoms. The van der Waals surface area contributed by atoms with Gasteiger partial charge in [-0.2, -0.15) is 0 Å². The van der Waals surface area contributed by atoms with E-state index in [0.29, 0.717) is 6.54 Å². The van der Waals surface area contributed by atoms with E-state index in [2.05, 4.69) is 19.9 Å². The van der Waals surface area contributed by atoms with Crippen molar-refractivity contribution in [3.8, 4) is 0 Å². The lowest BCUT2D eigenvalue weighted by Gasteiger charge is -2.18. The number of nitrogens with two attached hydrogens (primary N) is 1. The molecule has 2 rings (SSSR count). The predicted octanol–water partition coefficient (Wildman–Crippen LogP) is 0.475. The summed E-state index contributed by atoms with van der Waals surface area (Å²) < 4.78 is 4.59. The van der Waals surface area contributed by atoms with Crippen molar-refractivity contribution in [1.29, 1.82) is 0 Å². The predicted molar refractivity (Wildman–Crippen MR) is 68.3 cm³/mol. The lowest BCUT2D eigenvalue weighted by Crippen LogP contribution is -2.37. The number of hydrogen-bond acceptors (Lipinski definition) is 5. The number of rotatable bonds is 3. The van der Waals surface area contributed by atoms with Crippen molar-refractivity contribution in [3.63, 3.8) is 0 Å². The molecule has 1 aromatic heterocycles. The molecule has 0 aromatic carbocycles. The first-order valence-electron chi connectivity index (χ1n) is 5.97. The Kier molecular flexibility index (Phi) is 3.99. The number of nitrogens with one attached hydrogen (secondary N) is 1. The quantitative estimate of drug-likeness (QED) is 0.815. The van der Waals surface area contributed by atoms with Gasteiger partial charge in [0.1, 0.15) is 5.82 Å². The highest BCUT2D eigenvalue weighted by atomic mass is 16.5. The second-order valence-electron chi connectivity index (χ2n) is 4.29. The van der Waals surface area contributed by atoms with Gasteiger partial charge in [0, 0.05) is 25.8 Å². The molecular formula is C12H18N4O2. The molecule has 1 fully saturated rings. The van der Waals surface area contributed by atoms with Gasteiger partial charge >= 0.3 is 6.09 Å². The van der Waals surface area contributed by atoms with E-state index in [0.717, 1.165) is 30.9 Å². The molecule has 6 nitrogen and oxygen atoms in total. The van der Waals surface area contributed by atoms with E-state index in [9.17, 15) is 4.79 Å². The maximum atomic E-state index is 11.1. The molecule has 1 amide bonds. The molecule has 1 aliphatic rings. The molecule has 3 N–H and O–H groups in total. The number of alkyl carbamates (subject to hydrolysis) is 1. The third-order valence-corrected chi connectivity index (χ3v) is 3.07. The van der Waals surface area contributed by atoms with Gasteiger partial charge in [0.05, 0.1) is 13.2 Å². The molecule has 6 heteroatoms. The van der Waals surface area contributed by atoms with Crippen molar-refractivity contribution in [3.05, 3.63) is 23.9 Å². The largest absolute Gasteiger partial charge is 0.453 e. The minimum Gasteiger partial charge on any atom is -0.453 e. The van der Waals surface area contributed by atoms with Crippen LogP contribution < -0.4 is 16.0 Å². The fourth-order valence-electron chi connectivity index (χ4n) is 2.07. The number of anilines is 1. The zero-order valence-corrected chi connectivity index (χ0v) is 10.4. The molecular weight excluding hydrogens is 232 g/mol. The number of methoxy groups -OCH3 is 1. The number of hydrogen-bond donors (Lipinski definition) is 2. The number of pyridine rings is 1. The summed E-state index contributed by atoms with van der Waals surface area (Å²) in [7, 11) is 1.37. The highest BCUT2D eigenvalue weighted by Gasteiger charge is 2.24. The molecule has 1 unspecified atom stereocenters. The average molecular weight is 250 g/mol. The molecule has 2 heterocycles. The van der Waals surface area contributed by atoms with Gasteiger partial charge in [0.15, 0.2) is 0 Å². The summed E-state index contributed by atoms with van der Waals surface area (Å²) in [4.78, 5) is 17.6. The molecule has 1 aliphatic heterocycles. The van der Waals surface area contributed by atoms with Crippen LogP contribution in [0.1, 0.15) is 12.0 Å². The minimum atomic E-state index is -0.384. The summed E-state index contributed by atoms with van der Waals surface area (Å²) in [6.07, 6.45) is 2.27. The molecule has 0 spiro atoms. The van der Waals surface area contributed by atoms with Crippen LogP contribution in [0.5, 0.6) is 0 Å². The normalized spacial score (nSPS) is 18.8. The van der Waals surface area contributed by atoms with Crippen LogP contribution in [0.15, 0.2) is 18.3 Å². The van der Waals surface area contributed by atoms with Crippen molar-refractivity contribution in [2.24, 2.45) is 5.73 Å². The van der Waals surface area contributed by atoms with E-state index < -0.39 is 0 Å². The van der Waals surface area contributed by atoms with Crippen LogP contribution in [-0.2, 0) is 11.3 Å². The third-order valence-electron chi connectivity index (χ3n) is 3.07. The van der Waals surface area contributed by atoms with E-state index in [1.54, 1.807) is 6.20 Å². The van der Waals surface area contributed by atoms with Crippen LogP contribution in [-0.4, -0.2) is 37.3 Å². The van der Waals surface area contributed by atoms with Gasteiger partial charge in [-0.1, -0.05) is 0 Å². The molecule has 0 radical (unpaired) electrons. The number of carbonyl (C=O) groups excluding carboxylic acids is 1. The maximum absolute atomic E-state index is 11.1. The van der Waals surface area contributed by atoms with Gasteiger partial charge in [-0.05, 0) is 24.1 Å². The topological polar surface area (TPSA) is 80.5 Å². The smallest absolute Gasteiger partial charge is 0.407 e. The summed E-state index contributed by atoms with van der Waals surface area (Å²) in [5.41, 5.74) is 6.67. The Hall–Kier alpha value is -1.82. The first-order chi connectivity index (χ1) is 8.72. The molecule has 0 aliphatic carbocycles. The summed E-state index contributed by atoms with van der Waals surface area (Å²) in [6.45, 7) is 2.12. The van der Waals surface area contributed by atoms with Crippen molar-refractivity contribution in [1.82, 2.24) is 10.3 Å². The van der Waals surface area contributed by atoms with Crippen molar-refractivity contribution in [2.75, 3.05) is 25.1 Å². The Morgan fingerprint density at radius 1 is 1.72 bits per heavy atom. The highest BCUT2D eigenvalue weighted by Crippen LogP contribution is 2.18. The highest BCUT2D eigenvalue weighted by molar-refractivity contribution is 5.67. The van der Waals surface area contributed by atoms with Crippen molar-refractivity contribution < 1.29 is 9.53 Å². The Bertz CT molecular complexity index is 424. The Morgan fingerprint density at radius 3 is 3.28 bits per heavy atom. The molecule has 0 saturated carbocycles. The van der Waals surface area contributed by atoms with Gasteiger partial charge < -0.3 is 20.7 Å². The summed E-state index contributed by atoms with van der Waals surface area (Å²) in [6, 6.07) is 4.00. The van der Waals surface area contributed by atoms with Gasteiger partial charge in [0.25, 0.3) is 0 Å². The minimum absolute atomic E-state index is 0.112. The Balaban J connectivity index is 1.97. The number of nitrogens with zero attached hydrogens (tertiary/aromatic N) is 2. The van der Waals surface area contributed by atoms with Gasteiger partial charge in [-0.15, -0.1) is 0 Å². The standard InChI is InChI=1S/C12H18N4O2/c1-18-12(17)15-10-3-5-16(8-10)11-6-9(7-13)2-4-14-11/h2,4,6,10H,3,5,7-8,13H2,1H3,(H,15,17). The van der Waals surface area contributed by atoms with Crippen LogP contribution in [0.3, 0.4) is 0 Å². The molecule has 1 aromatic rings. The van der Waals surface area contributed by atoms with Crippen LogP contribution in [0.2, 0.25) is 0 Å². The summed E-state index contributed by atoms with van der Waals surface area (Å²) in [5, 5.41) is 2.80. The van der Waals surface area contributed by atoms with Gasteiger partial charge in [-0.25, -0.2) is 9.78 Å². The monoisotopic (exact) mass is 250 g/mol. The van der Waals surface area contributed by atoms with Crippen LogP contribution in [0, 0.1) is 0 Å². The van der Waals surface area contributed by atoms with Crippen molar-refractivity contribution in [2.45, 2.75) is 19.0 Å². The van der Waals surface area contributed by atoms with E-state index in [1.165, 1.54) is 7.11 Å². The van der Waals surface area contributed by atoms with Crippen LogP contribution >= 0.6 is 0 Å². The number of carbonyl (C=O) groups is 1. The second-order valence-corrected chi connectivity index (χ2v) is 4.29. The molecule has 0 bridgehead atoms. The lowest BCUT2D eigenvalue weighted by atomic mass is 10.2. The van der Waals surface area contributed by atoms with Crippen LogP contribution in [0.25, 0.3) is 0 Å². The first-order valence-corrected chi connectivity index (χ1v) is 5.97. The number of ether oxygens (including phenoxy) is 1. The fraction of sp³-hybridized carbons (Fsp3) is 0.500. The van der Waals surface area contributed by atoms with E-state index in [4.69, 9.17) is 5.73 Å². The lowest BCUT2D eigenvalue weighted by molar-refractivity contribution is 0.167. The summed E-state index contributed by atoms with van der Waals surface area (Å²) >= 11 is 0. The maximum Gasteiger partial charge on any atom is 0.407 e. The zero-order chi connectivity index (χ0) is 13.0. The Labute approximate surface area is 106 Å². The van der Waals surface area contributed by atoms with Crippen molar-refractivity contribution >= 4 is 11.9 Å². The summed E-state index contributed by atoms with van der Waals surface area (Å²) in [5.74, 6) is 0.909. The number of amides is 1. The fourth-order valence-corrected chi connectivity index (χ4v) is 2.07. The van der Waals surface area contributed by atoms with Crippen LogP contribution in [0.4, 0.5) is 10.6 Å². The third kappa shape index (κ3) is 2.89. The van der Waals surface area contributed by atoms with E-state index >= 15 is 0 Å². The zero-order valence-electron chi connectivity index (χ0n) is 10.4. The second kappa shape index (κ2) is 5.68. The molecule has 98 valence electrons. The van der Waals surface area contributed by atoms with E-state index in [-0.39, 0.29) is 12.1 Å². The number of aromatic nitrogens is 1. The molecule has 1 atom stereocenters.